The minimum Gasteiger partial charge on any atom is -0.464 e. The van der Waals surface area contributed by atoms with Crippen molar-refractivity contribution in [1.82, 2.24) is 5.32 Å². The number of hydrogen-bond acceptors (Lipinski definition) is 3. The summed E-state index contributed by atoms with van der Waals surface area (Å²) in [6.07, 6.45) is 8.03. The zero-order chi connectivity index (χ0) is 15.1. The van der Waals surface area contributed by atoms with E-state index < -0.39 is 0 Å². The number of ether oxygens (including phenoxy) is 1. The van der Waals surface area contributed by atoms with Crippen LogP contribution >= 0.6 is 0 Å². The topological polar surface area (TPSA) is 34.4 Å². The van der Waals surface area contributed by atoms with Crippen LogP contribution in [0.1, 0.15) is 69.5 Å². The first-order valence-corrected chi connectivity index (χ1v) is 8.65. The maximum absolute atomic E-state index is 6.15. The SMILES string of the molecule is CCCNCc1cc(COC2CCCCC2CC)oc1C. The van der Waals surface area contributed by atoms with Crippen molar-refractivity contribution >= 4 is 0 Å². The number of rotatable bonds is 8. The summed E-state index contributed by atoms with van der Waals surface area (Å²) in [7, 11) is 0. The van der Waals surface area contributed by atoms with Crippen LogP contribution in [0.15, 0.2) is 10.5 Å². The summed E-state index contributed by atoms with van der Waals surface area (Å²) in [5.74, 6) is 2.73. The Morgan fingerprint density at radius 3 is 2.86 bits per heavy atom. The largest absolute Gasteiger partial charge is 0.464 e. The van der Waals surface area contributed by atoms with Crippen molar-refractivity contribution in [1.29, 1.82) is 0 Å². The smallest absolute Gasteiger partial charge is 0.130 e. The quantitative estimate of drug-likeness (QED) is 0.713. The molecule has 0 bridgehead atoms. The molecule has 1 aromatic heterocycles. The van der Waals surface area contributed by atoms with Crippen LogP contribution < -0.4 is 5.32 Å². The molecule has 21 heavy (non-hydrogen) atoms. The number of nitrogens with one attached hydrogen (secondary N) is 1. The van der Waals surface area contributed by atoms with Crippen LogP contribution in [0.4, 0.5) is 0 Å². The Kier molecular flexibility index (Phi) is 6.78. The van der Waals surface area contributed by atoms with Crippen LogP contribution in [-0.2, 0) is 17.9 Å². The van der Waals surface area contributed by atoms with Gasteiger partial charge in [0.15, 0.2) is 0 Å². The van der Waals surface area contributed by atoms with Crippen LogP contribution in [0.25, 0.3) is 0 Å². The Hall–Kier alpha value is -0.800. The van der Waals surface area contributed by atoms with E-state index in [1.807, 2.05) is 6.92 Å². The van der Waals surface area contributed by atoms with Gasteiger partial charge in [0.05, 0.1) is 6.10 Å². The second kappa shape index (κ2) is 8.60. The summed E-state index contributed by atoms with van der Waals surface area (Å²) >= 11 is 0. The molecule has 2 unspecified atom stereocenters. The van der Waals surface area contributed by atoms with Gasteiger partial charge in [-0.05, 0) is 44.7 Å². The lowest BCUT2D eigenvalue weighted by molar-refractivity contribution is -0.0285. The lowest BCUT2D eigenvalue weighted by Gasteiger charge is -2.30. The molecule has 0 amide bonds. The number of aryl methyl sites for hydroxylation is 1. The summed E-state index contributed by atoms with van der Waals surface area (Å²) in [5, 5.41) is 3.43. The highest BCUT2D eigenvalue weighted by Crippen LogP contribution is 2.30. The molecule has 0 aromatic carbocycles. The second-order valence-corrected chi connectivity index (χ2v) is 6.27. The van der Waals surface area contributed by atoms with Crippen molar-refractivity contribution in [2.75, 3.05) is 6.54 Å². The van der Waals surface area contributed by atoms with E-state index in [2.05, 4.69) is 25.2 Å². The van der Waals surface area contributed by atoms with Gasteiger partial charge in [-0.1, -0.05) is 33.1 Å². The fourth-order valence-corrected chi connectivity index (χ4v) is 3.28. The van der Waals surface area contributed by atoms with Crippen molar-refractivity contribution in [2.24, 2.45) is 5.92 Å². The van der Waals surface area contributed by atoms with Crippen molar-refractivity contribution in [2.45, 2.75) is 78.6 Å². The van der Waals surface area contributed by atoms with Gasteiger partial charge in [-0.2, -0.15) is 0 Å². The molecule has 1 aromatic rings. The van der Waals surface area contributed by atoms with Crippen molar-refractivity contribution in [3.05, 3.63) is 23.2 Å². The lowest BCUT2D eigenvalue weighted by atomic mass is 9.85. The summed E-state index contributed by atoms with van der Waals surface area (Å²) in [4.78, 5) is 0. The van der Waals surface area contributed by atoms with Gasteiger partial charge < -0.3 is 14.5 Å². The maximum Gasteiger partial charge on any atom is 0.130 e. The van der Waals surface area contributed by atoms with Gasteiger partial charge in [0.2, 0.25) is 0 Å². The number of hydrogen-bond donors (Lipinski definition) is 1. The molecule has 3 heteroatoms. The van der Waals surface area contributed by atoms with E-state index in [1.165, 1.54) is 37.7 Å². The summed E-state index contributed by atoms with van der Waals surface area (Å²) in [5.41, 5.74) is 1.26. The van der Waals surface area contributed by atoms with E-state index in [0.29, 0.717) is 12.7 Å². The first kappa shape index (κ1) is 16.6. The summed E-state index contributed by atoms with van der Waals surface area (Å²) < 4.78 is 12.0. The van der Waals surface area contributed by atoms with Crippen LogP contribution in [0.3, 0.4) is 0 Å². The summed E-state index contributed by atoms with van der Waals surface area (Å²) in [6, 6.07) is 2.15. The highest BCUT2D eigenvalue weighted by Gasteiger charge is 2.24. The molecule has 120 valence electrons. The molecule has 2 rings (SSSR count). The normalized spacial score (nSPS) is 22.6. The molecule has 1 heterocycles. The molecule has 3 nitrogen and oxygen atoms in total. The third-order valence-corrected chi connectivity index (χ3v) is 4.62. The van der Waals surface area contributed by atoms with Crippen molar-refractivity contribution in [3.8, 4) is 0 Å². The molecular formula is C18H31NO2. The minimum absolute atomic E-state index is 0.427. The van der Waals surface area contributed by atoms with E-state index in [-0.39, 0.29) is 0 Å². The molecule has 1 aliphatic carbocycles. The van der Waals surface area contributed by atoms with E-state index in [9.17, 15) is 0 Å². The highest BCUT2D eigenvalue weighted by atomic mass is 16.5. The van der Waals surface area contributed by atoms with E-state index >= 15 is 0 Å². The van der Waals surface area contributed by atoms with E-state index in [1.54, 1.807) is 0 Å². The third kappa shape index (κ3) is 4.86. The molecule has 0 radical (unpaired) electrons. The van der Waals surface area contributed by atoms with Gasteiger partial charge in [0.25, 0.3) is 0 Å². The molecule has 0 saturated heterocycles. The predicted molar refractivity (Wildman–Crippen MR) is 86.3 cm³/mol. The van der Waals surface area contributed by atoms with Gasteiger partial charge >= 0.3 is 0 Å². The van der Waals surface area contributed by atoms with Gasteiger partial charge in [0.1, 0.15) is 18.1 Å². The Morgan fingerprint density at radius 1 is 1.29 bits per heavy atom. The average molecular weight is 293 g/mol. The average Bonchev–Trinajstić information content (AvgIpc) is 2.86. The maximum atomic E-state index is 6.15. The first-order valence-electron chi connectivity index (χ1n) is 8.65. The fourth-order valence-electron chi connectivity index (χ4n) is 3.28. The van der Waals surface area contributed by atoms with Crippen molar-refractivity contribution < 1.29 is 9.15 Å². The summed E-state index contributed by atoms with van der Waals surface area (Å²) in [6.45, 7) is 9.07. The standard InChI is InChI=1S/C18H31NO2/c1-4-10-19-12-16-11-17(21-14(16)3)13-20-18-9-7-6-8-15(18)5-2/h11,15,18-19H,4-10,12-13H2,1-3H3. The monoisotopic (exact) mass is 293 g/mol. The van der Waals surface area contributed by atoms with E-state index in [0.717, 1.165) is 36.9 Å². The Balaban J connectivity index is 1.83. The molecule has 1 fully saturated rings. The first-order chi connectivity index (χ1) is 10.2. The Labute approximate surface area is 129 Å². The molecule has 0 aliphatic heterocycles. The molecule has 1 saturated carbocycles. The predicted octanol–water partition coefficient (Wildman–Crippen LogP) is 4.57. The lowest BCUT2D eigenvalue weighted by Crippen LogP contribution is -2.27. The zero-order valence-electron chi connectivity index (χ0n) is 13.9. The van der Waals surface area contributed by atoms with Crippen LogP contribution in [0, 0.1) is 12.8 Å². The van der Waals surface area contributed by atoms with Gasteiger partial charge in [-0.25, -0.2) is 0 Å². The third-order valence-electron chi connectivity index (χ3n) is 4.62. The number of furan rings is 1. The minimum atomic E-state index is 0.427. The van der Waals surface area contributed by atoms with Crippen LogP contribution in [0.2, 0.25) is 0 Å². The molecular weight excluding hydrogens is 262 g/mol. The molecule has 1 aliphatic rings. The van der Waals surface area contributed by atoms with E-state index in [4.69, 9.17) is 9.15 Å². The molecule has 2 atom stereocenters. The zero-order valence-corrected chi connectivity index (χ0v) is 13.9. The van der Waals surface area contributed by atoms with Gasteiger partial charge in [-0.15, -0.1) is 0 Å². The second-order valence-electron chi connectivity index (χ2n) is 6.27. The van der Waals surface area contributed by atoms with Crippen LogP contribution in [-0.4, -0.2) is 12.6 Å². The van der Waals surface area contributed by atoms with Gasteiger partial charge in [0, 0.05) is 12.1 Å². The Morgan fingerprint density at radius 2 is 2.10 bits per heavy atom. The Bertz CT molecular complexity index is 413. The van der Waals surface area contributed by atoms with Crippen molar-refractivity contribution in [3.63, 3.8) is 0 Å². The highest BCUT2D eigenvalue weighted by molar-refractivity contribution is 5.20. The van der Waals surface area contributed by atoms with Crippen LogP contribution in [0.5, 0.6) is 0 Å². The molecule has 0 spiro atoms. The fraction of sp³-hybridized carbons (Fsp3) is 0.778. The molecule has 1 N–H and O–H groups in total. The van der Waals surface area contributed by atoms with Gasteiger partial charge in [-0.3, -0.25) is 0 Å².